The minimum absolute atomic E-state index is 0.0925. The van der Waals surface area contributed by atoms with Gasteiger partial charge < -0.3 is 10.6 Å². The van der Waals surface area contributed by atoms with Crippen molar-refractivity contribution in [3.05, 3.63) is 78.0 Å². The van der Waals surface area contributed by atoms with Gasteiger partial charge in [-0.3, -0.25) is 14.3 Å². The molecule has 6 heteroatoms. The Bertz CT molecular complexity index is 1230. The number of amides is 2. The van der Waals surface area contributed by atoms with E-state index in [4.69, 9.17) is 5.10 Å². The number of hydrogen-bond donors (Lipinski definition) is 2. The fourth-order valence-electron chi connectivity index (χ4n) is 7.42. The van der Waals surface area contributed by atoms with Crippen molar-refractivity contribution in [1.82, 2.24) is 20.4 Å². The first-order valence-corrected chi connectivity index (χ1v) is 13.7. The summed E-state index contributed by atoms with van der Waals surface area (Å²) in [5.74, 6) is 2.03. The van der Waals surface area contributed by atoms with E-state index >= 15 is 0 Å². The summed E-state index contributed by atoms with van der Waals surface area (Å²) in [4.78, 5) is 26.5. The zero-order valence-corrected chi connectivity index (χ0v) is 21.5. The Balaban J connectivity index is 1.12. The molecule has 3 aromatic rings. The summed E-state index contributed by atoms with van der Waals surface area (Å²) < 4.78 is 1.93. The van der Waals surface area contributed by atoms with E-state index in [0.717, 1.165) is 36.1 Å². The number of nitrogens with one attached hydrogen (secondary N) is 2. The van der Waals surface area contributed by atoms with Crippen molar-refractivity contribution >= 4 is 11.8 Å². The molecule has 1 heterocycles. The number of rotatable bonds is 8. The molecule has 4 saturated carbocycles. The van der Waals surface area contributed by atoms with E-state index in [9.17, 15) is 9.59 Å². The van der Waals surface area contributed by atoms with E-state index in [-0.39, 0.29) is 17.2 Å². The van der Waals surface area contributed by atoms with Gasteiger partial charge in [-0.2, -0.15) is 5.10 Å². The summed E-state index contributed by atoms with van der Waals surface area (Å²) in [6.45, 7) is 2.81. The monoisotopic (exact) mass is 496 g/mol. The lowest BCUT2D eigenvalue weighted by Gasteiger charge is -2.55. The zero-order chi connectivity index (χ0) is 25.4. The van der Waals surface area contributed by atoms with Crippen molar-refractivity contribution in [1.29, 1.82) is 0 Å². The number of carbonyl (C=O) groups is 2. The van der Waals surface area contributed by atoms with E-state index in [2.05, 4.69) is 22.8 Å². The lowest BCUT2D eigenvalue weighted by molar-refractivity contribution is -0.148. The molecule has 4 fully saturated rings. The summed E-state index contributed by atoms with van der Waals surface area (Å²) in [6.07, 6.45) is 8.90. The van der Waals surface area contributed by atoms with Gasteiger partial charge in [0.2, 0.25) is 11.8 Å². The average Bonchev–Trinajstić information content (AvgIpc) is 3.30. The number of nitrogens with zero attached hydrogens (tertiary/aromatic N) is 2. The summed E-state index contributed by atoms with van der Waals surface area (Å²) in [5.41, 5.74) is 3.75. The second kappa shape index (κ2) is 9.81. The van der Waals surface area contributed by atoms with Crippen molar-refractivity contribution in [3.63, 3.8) is 0 Å². The molecule has 4 aliphatic carbocycles. The third-order valence-corrected chi connectivity index (χ3v) is 8.79. The fourth-order valence-corrected chi connectivity index (χ4v) is 7.42. The van der Waals surface area contributed by atoms with E-state index in [1.54, 1.807) is 6.92 Å². The van der Waals surface area contributed by atoms with Crippen molar-refractivity contribution in [2.24, 2.45) is 23.2 Å². The zero-order valence-electron chi connectivity index (χ0n) is 21.5. The maximum absolute atomic E-state index is 13.4. The van der Waals surface area contributed by atoms with Crippen LogP contribution in [-0.2, 0) is 22.7 Å². The predicted octanol–water partition coefficient (Wildman–Crippen LogP) is 4.94. The van der Waals surface area contributed by atoms with Crippen LogP contribution in [0.1, 0.15) is 56.6 Å². The van der Waals surface area contributed by atoms with E-state index in [0.29, 0.717) is 30.8 Å². The van der Waals surface area contributed by atoms with Crippen LogP contribution in [0.3, 0.4) is 0 Å². The number of carbonyl (C=O) groups excluding carboxylic acids is 2. The molecule has 2 amide bonds. The molecule has 1 atom stereocenters. The maximum atomic E-state index is 13.4. The molecule has 2 N–H and O–H groups in total. The Morgan fingerprint density at radius 3 is 2.16 bits per heavy atom. The van der Waals surface area contributed by atoms with E-state index in [1.807, 2.05) is 59.4 Å². The van der Waals surface area contributed by atoms with Crippen molar-refractivity contribution in [2.75, 3.05) is 0 Å². The second-order valence-corrected chi connectivity index (χ2v) is 11.7. The number of benzene rings is 2. The maximum Gasteiger partial charge on any atom is 0.242 e. The molecule has 4 bridgehead atoms. The summed E-state index contributed by atoms with van der Waals surface area (Å²) >= 11 is 0. The van der Waals surface area contributed by atoms with Crippen LogP contribution < -0.4 is 10.6 Å². The topological polar surface area (TPSA) is 76.0 Å². The van der Waals surface area contributed by atoms with Gasteiger partial charge in [-0.15, -0.1) is 0 Å². The molecule has 7 rings (SSSR count). The molecule has 1 aromatic heterocycles. The molecular formula is C31H36N4O2. The molecule has 2 aromatic carbocycles. The molecule has 37 heavy (non-hydrogen) atoms. The van der Waals surface area contributed by atoms with Crippen LogP contribution in [0, 0.1) is 23.2 Å². The first kappa shape index (κ1) is 24.0. The van der Waals surface area contributed by atoms with Gasteiger partial charge in [-0.25, -0.2) is 0 Å². The highest BCUT2D eigenvalue weighted by Gasteiger charge is 2.54. The van der Waals surface area contributed by atoms with Gasteiger partial charge >= 0.3 is 0 Å². The minimum atomic E-state index is -0.569. The quantitative estimate of drug-likeness (QED) is 0.464. The standard InChI is InChI=1S/C31H36N4O2/c1-21(33-30(37)31-15-23-12-24(16-31)14-25(13-23)17-31)29(36)32-18-27-20-35(19-22-8-4-2-5-9-22)34-28(27)26-10-6-3-7-11-26/h2-11,20-21,23-25H,12-19H2,1H3,(H,32,36)(H,33,37). The van der Waals surface area contributed by atoms with Crippen LogP contribution >= 0.6 is 0 Å². The highest BCUT2D eigenvalue weighted by molar-refractivity contribution is 5.90. The highest BCUT2D eigenvalue weighted by Crippen LogP contribution is 2.60. The molecule has 192 valence electrons. The highest BCUT2D eigenvalue weighted by atomic mass is 16.2. The largest absolute Gasteiger partial charge is 0.350 e. The minimum Gasteiger partial charge on any atom is -0.350 e. The molecule has 0 saturated heterocycles. The first-order chi connectivity index (χ1) is 18.0. The third-order valence-electron chi connectivity index (χ3n) is 8.79. The molecular weight excluding hydrogens is 460 g/mol. The van der Waals surface area contributed by atoms with Crippen molar-refractivity contribution < 1.29 is 9.59 Å². The molecule has 6 nitrogen and oxygen atoms in total. The number of hydrogen-bond acceptors (Lipinski definition) is 3. The van der Waals surface area contributed by atoms with Crippen LogP contribution in [-0.4, -0.2) is 27.6 Å². The Kier molecular flexibility index (Phi) is 6.35. The molecule has 1 unspecified atom stereocenters. The van der Waals surface area contributed by atoms with Gasteiger partial charge in [0.25, 0.3) is 0 Å². The van der Waals surface area contributed by atoms with Crippen LogP contribution in [0.15, 0.2) is 66.9 Å². The lowest BCUT2D eigenvalue weighted by atomic mass is 9.49. The Hall–Kier alpha value is -3.41. The van der Waals surface area contributed by atoms with E-state index < -0.39 is 6.04 Å². The van der Waals surface area contributed by atoms with Gasteiger partial charge in [0.15, 0.2) is 0 Å². The van der Waals surface area contributed by atoms with Crippen LogP contribution in [0.25, 0.3) is 11.3 Å². The second-order valence-electron chi connectivity index (χ2n) is 11.7. The smallest absolute Gasteiger partial charge is 0.242 e. The molecule has 4 aliphatic rings. The van der Waals surface area contributed by atoms with Crippen LogP contribution in [0.5, 0.6) is 0 Å². The Morgan fingerprint density at radius 2 is 1.54 bits per heavy atom. The van der Waals surface area contributed by atoms with Crippen molar-refractivity contribution in [3.8, 4) is 11.3 Å². The third kappa shape index (κ3) is 4.94. The normalized spacial score (nSPS) is 26.6. The van der Waals surface area contributed by atoms with Gasteiger partial charge in [-0.05, 0) is 68.8 Å². The van der Waals surface area contributed by atoms with Gasteiger partial charge in [-0.1, -0.05) is 60.7 Å². The molecule has 0 aliphatic heterocycles. The molecule has 0 spiro atoms. The number of aromatic nitrogens is 2. The van der Waals surface area contributed by atoms with Gasteiger partial charge in [0.05, 0.1) is 12.2 Å². The summed E-state index contributed by atoms with van der Waals surface area (Å²) in [6, 6.07) is 19.7. The lowest BCUT2D eigenvalue weighted by Crippen LogP contribution is -2.56. The van der Waals surface area contributed by atoms with Crippen LogP contribution in [0.2, 0.25) is 0 Å². The first-order valence-electron chi connectivity index (χ1n) is 13.7. The average molecular weight is 497 g/mol. The molecule has 0 radical (unpaired) electrons. The Morgan fingerprint density at radius 1 is 0.946 bits per heavy atom. The Labute approximate surface area is 218 Å². The van der Waals surface area contributed by atoms with Crippen LogP contribution in [0.4, 0.5) is 0 Å². The van der Waals surface area contributed by atoms with Gasteiger partial charge in [0, 0.05) is 29.3 Å². The summed E-state index contributed by atoms with van der Waals surface area (Å²) in [5, 5.41) is 11.0. The SMILES string of the molecule is CC(NC(=O)C12CC3CC(CC(C3)C1)C2)C(=O)NCc1cn(Cc2ccccc2)nc1-c1ccccc1. The summed E-state index contributed by atoms with van der Waals surface area (Å²) in [7, 11) is 0. The predicted molar refractivity (Wildman–Crippen MR) is 143 cm³/mol. The van der Waals surface area contributed by atoms with Crippen molar-refractivity contribution in [2.45, 2.75) is 64.6 Å². The van der Waals surface area contributed by atoms with E-state index in [1.165, 1.54) is 24.8 Å². The van der Waals surface area contributed by atoms with Gasteiger partial charge in [0.1, 0.15) is 6.04 Å². The fraction of sp³-hybridized carbons (Fsp3) is 0.452.